The van der Waals surface area contributed by atoms with Crippen molar-refractivity contribution in [2.24, 2.45) is 0 Å². The fourth-order valence-electron chi connectivity index (χ4n) is 3.16. The van der Waals surface area contributed by atoms with Crippen LogP contribution in [0, 0.1) is 0 Å². The maximum Gasteiger partial charge on any atom is 1.00 e. The van der Waals surface area contributed by atoms with Crippen LogP contribution in [0.5, 0.6) is 0 Å². The Morgan fingerprint density at radius 2 is 0.920 bits per heavy atom. The van der Waals surface area contributed by atoms with Gasteiger partial charge >= 0.3 is 29.6 Å². The summed E-state index contributed by atoms with van der Waals surface area (Å²) in [7, 11) is 0. The monoisotopic (exact) mass is 364 g/mol. The van der Waals surface area contributed by atoms with E-state index in [0.717, 1.165) is 12.8 Å². The van der Waals surface area contributed by atoms with E-state index in [9.17, 15) is 5.11 Å². The first kappa shape index (κ1) is 28.1. The smallest absolute Gasteiger partial charge is 0.831 e. The van der Waals surface area contributed by atoms with Crippen molar-refractivity contribution in [2.45, 2.75) is 136 Å². The Hall–Kier alpha value is 0.920. The Morgan fingerprint density at radius 1 is 0.560 bits per heavy atom. The van der Waals surface area contributed by atoms with Crippen molar-refractivity contribution in [3.63, 3.8) is 0 Å². The SMILES string of the molecule is CCCCCCCCCCCCCCCC([O-])OCCCCCC.[Na+]. The van der Waals surface area contributed by atoms with Gasteiger partial charge < -0.3 is 9.84 Å². The third kappa shape index (κ3) is 24.9. The first-order valence-corrected chi connectivity index (χ1v) is 11.1. The van der Waals surface area contributed by atoms with Crippen molar-refractivity contribution in [3.8, 4) is 0 Å². The van der Waals surface area contributed by atoms with Crippen LogP contribution >= 0.6 is 0 Å². The quantitative estimate of drug-likeness (QED) is 0.187. The maximum atomic E-state index is 11.6. The molecule has 0 N–H and O–H groups in total. The minimum absolute atomic E-state index is 0. The molecule has 0 heterocycles. The molecule has 2 nitrogen and oxygen atoms in total. The van der Waals surface area contributed by atoms with Gasteiger partial charge in [-0.05, 0) is 19.1 Å². The number of unbranched alkanes of at least 4 members (excludes halogenated alkanes) is 15. The Labute approximate surface area is 181 Å². The van der Waals surface area contributed by atoms with E-state index in [1.165, 1.54) is 96.3 Å². The fraction of sp³-hybridized carbons (Fsp3) is 1.00. The molecule has 0 aromatic heterocycles. The Morgan fingerprint density at radius 3 is 1.36 bits per heavy atom. The minimum atomic E-state index is -0.778. The summed E-state index contributed by atoms with van der Waals surface area (Å²) in [5.74, 6) is 0. The second kappa shape index (κ2) is 24.9. The molecule has 0 fully saturated rings. The van der Waals surface area contributed by atoms with Crippen molar-refractivity contribution < 1.29 is 39.4 Å². The van der Waals surface area contributed by atoms with Crippen molar-refractivity contribution in [1.82, 2.24) is 0 Å². The summed E-state index contributed by atoms with van der Waals surface area (Å²) in [4.78, 5) is 0. The predicted octanol–water partition coefficient (Wildman–Crippen LogP) is 3.76. The Kier molecular flexibility index (Phi) is 28.0. The molecule has 0 saturated carbocycles. The van der Waals surface area contributed by atoms with Gasteiger partial charge in [-0.1, -0.05) is 117 Å². The summed E-state index contributed by atoms with van der Waals surface area (Å²) in [6.07, 6.45) is 22.2. The van der Waals surface area contributed by atoms with Crippen LogP contribution in [-0.4, -0.2) is 12.9 Å². The second-order valence-corrected chi connectivity index (χ2v) is 7.39. The molecule has 0 aliphatic heterocycles. The van der Waals surface area contributed by atoms with Gasteiger partial charge in [-0.15, -0.1) is 0 Å². The van der Waals surface area contributed by atoms with Crippen LogP contribution in [0.15, 0.2) is 0 Å². The second-order valence-electron chi connectivity index (χ2n) is 7.39. The molecular weight excluding hydrogens is 319 g/mol. The average molecular weight is 365 g/mol. The molecule has 1 unspecified atom stereocenters. The zero-order valence-electron chi connectivity index (χ0n) is 17.8. The van der Waals surface area contributed by atoms with E-state index in [0.29, 0.717) is 13.0 Å². The van der Waals surface area contributed by atoms with Crippen molar-refractivity contribution >= 4 is 0 Å². The van der Waals surface area contributed by atoms with Crippen LogP contribution in [0.25, 0.3) is 0 Å². The maximum absolute atomic E-state index is 11.6. The first-order chi connectivity index (χ1) is 11.8. The summed E-state index contributed by atoms with van der Waals surface area (Å²) in [6.45, 7) is 5.14. The van der Waals surface area contributed by atoms with Gasteiger partial charge in [0, 0.05) is 6.61 Å². The summed E-state index contributed by atoms with van der Waals surface area (Å²) < 4.78 is 5.34. The Balaban J connectivity index is 0. The number of rotatable bonds is 20. The molecule has 0 spiro atoms. The van der Waals surface area contributed by atoms with Crippen LogP contribution < -0.4 is 34.7 Å². The molecule has 146 valence electrons. The van der Waals surface area contributed by atoms with E-state index in [2.05, 4.69) is 13.8 Å². The van der Waals surface area contributed by atoms with Gasteiger partial charge in [0.25, 0.3) is 0 Å². The third-order valence-electron chi connectivity index (χ3n) is 4.85. The molecule has 1 atom stereocenters. The minimum Gasteiger partial charge on any atom is -0.831 e. The van der Waals surface area contributed by atoms with Gasteiger partial charge in [0.2, 0.25) is 0 Å². The van der Waals surface area contributed by atoms with Gasteiger partial charge in [-0.3, -0.25) is 0 Å². The van der Waals surface area contributed by atoms with Gasteiger partial charge in [0.15, 0.2) is 0 Å². The van der Waals surface area contributed by atoms with E-state index in [4.69, 9.17) is 4.74 Å². The van der Waals surface area contributed by atoms with Crippen molar-refractivity contribution in [2.75, 3.05) is 6.61 Å². The van der Waals surface area contributed by atoms with Gasteiger partial charge in [-0.2, -0.15) is 0 Å². The molecule has 0 aromatic rings. The summed E-state index contributed by atoms with van der Waals surface area (Å²) >= 11 is 0. The van der Waals surface area contributed by atoms with Crippen LogP contribution in [-0.2, 0) is 4.74 Å². The van der Waals surface area contributed by atoms with E-state index in [1.54, 1.807) is 0 Å². The van der Waals surface area contributed by atoms with Gasteiger partial charge in [0.1, 0.15) is 0 Å². The van der Waals surface area contributed by atoms with Crippen molar-refractivity contribution in [3.05, 3.63) is 0 Å². The molecule has 0 bridgehead atoms. The summed E-state index contributed by atoms with van der Waals surface area (Å²) in [5.41, 5.74) is 0. The molecule has 0 radical (unpaired) electrons. The molecule has 0 aliphatic rings. The summed E-state index contributed by atoms with van der Waals surface area (Å²) in [6, 6.07) is 0. The van der Waals surface area contributed by atoms with Crippen LogP contribution in [0.2, 0.25) is 0 Å². The molecule has 3 heteroatoms. The largest absolute Gasteiger partial charge is 1.00 e. The summed E-state index contributed by atoms with van der Waals surface area (Å²) in [5, 5.41) is 11.6. The van der Waals surface area contributed by atoms with E-state index in [1.807, 2.05) is 0 Å². The molecular formula is C22H45NaO2. The predicted molar refractivity (Wildman–Crippen MR) is 104 cm³/mol. The molecule has 0 saturated heterocycles. The topological polar surface area (TPSA) is 32.3 Å². The van der Waals surface area contributed by atoms with Crippen molar-refractivity contribution in [1.29, 1.82) is 0 Å². The molecule has 0 rings (SSSR count). The third-order valence-corrected chi connectivity index (χ3v) is 4.85. The first-order valence-electron chi connectivity index (χ1n) is 11.1. The molecule has 0 aromatic carbocycles. The van der Waals surface area contributed by atoms with E-state index < -0.39 is 6.29 Å². The zero-order chi connectivity index (χ0) is 17.7. The van der Waals surface area contributed by atoms with E-state index in [-0.39, 0.29) is 29.6 Å². The fourth-order valence-corrected chi connectivity index (χ4v) is 3.16. The van der Waals surface area contributed by atoms with E-state index >= 15 is 0 Å². The molecule has 25 heavy (non-hydrogen) atoms. The Bertz CT molecular complexity index is 224. The number of hydrogen-bond acceptors (Lipinski definition) is 2. The normalized spacial score (nSPS) is 12.1. The van der Waals surface area contributed by atoms with Gasteiger partial charge in [0.05, 0.1) is 0 Å². The number of ether oxygens (including phenoxy) is 1. The van der Waals surface area contributed by atoms with Crippen LogP contribution in [0.1, 0.15) is 129 Å². The van der Waals surface area contributed by atoms with Crippen LogP contribution in [0.3, 0.4) is 0 Å². The zero-order valence-corrected chi connectivity index (χ0v) is 19.8. The average Bonchev–Trinajstić information content (AvgIpc) is 2.59. The molecule has 0 amide bonds. The standard InChI is InChI=1S/C22H45O2.Na/c1-3-5-7-9-10-11-12-13-14-15-16-17-18-20-22(23)24-21-19-8-6-4-2;/h22H,3-21H2,1-2H3;/q-1;+1. The van der Waals surface area contributed by atoms with Gasteiger partial charge in [-0.25, -0.2) is 0 Å². The van der Waals surface area contributed by atoms with Crippen LogP contribution in [0.4, 0.5) is 0 Å². The number of hydrogen-bond donors (Lipinski definition) is 0. The molecule has 0 aliphatic carbocycles.